The summed E-state index contributed by atoms with van der Waals surface area (Å²) in [7, 11) is 1.95. The van der Waals surface area contributed by atoms with Crippen LogP contribution < -0.4 is 5.32 Å². The molecule has 0 bridgehead atoms. The lowest BCUT2D eigenvalue weighted by atomic mass is 10.0. The van der Waals surface area contributed by atoms with Gasteiger partial charge in [-0.15, -0.1) is 0 Å². The maximum Gasteiger partial charge on any atom is 0.241 e. The molecule has 2 rings (SSSR count). The number of aliphatic hydroxyl groups excluding tert-OH is 1. The fraction of sp³-hybridized carbons (Fsp3) is 0.611. The minimum absolute atomic E-state index is 0.00163. The van der Waals surface area contributed by atoms with Crippen LogP contribution in [0, 0.1) is 19.8 Å². The number of amides is 1. The third-order valence-corrected chi connectivity index (χ3v) is 4.96. The molecule has 3 atom stereocenters. The Bertz CT molecular complexity index is 530. The van der Waals surface area contributed by atoms with Gasteiger partial charge in [-0.05, 0) is 69.8 Å². The van der Waals surface area contributed by atoms with Gasteiger partial charge in [0.2, 0.25) is 5.91 Å². The minimum atomic E-state index is -0.214. The molecule has 4 nitrogen and oxygen atoms in total. The van der Waals surface area contributed by atoms with Gasteiger partial charge in [0, 0.05) is 12.2 Å². The molecule has 1 aromatic rings. The molecule has 0 spiro atoms. The standard InChI is InChI=1S/C18H28N2O2/c1-12-8-9-16(10-13(12)2)19-18(22)14(3)20(4)11-15-6-5-7-17(15)21/h8-10,14-15,17,21H,5-7,11H2,1-4H3,(H,19,22). The third-order valence-electron chi connectivity index (χ3n) is 4.96. The number of carbonyl (C=O) groups is 1. The van der Waals surface area contributed by atoms with Crippen LogP contribution >= 0.6 is 0 Å². The molecule has 4 heteroatoms. The van der Waals surface area contributed by atoms with Crippen molar-refractivity contribution >= 4 is 11.6 Å². The summed E-state index contributed by atoms with van der Waals surface area (Å²) in [4.78, 5) is 14.4. The van der Waals surface area contributed by atoms with Crippen molar-refractivity contribution in [1.29, 1.82) is 0 Å². The van der Waals surface area contributed by atoms with Crippen molar-refractivity contribution < 1.29 is 9.90 Å². The van der Waals surface area contributed by atoms with E-state index in [9.17, 15) is 9.90 Å². The van der Waals surface area contributed by atoms with Gasteiger partial charge >= 0.3 is 0 Å². The number of anilines is 1. The van der Waals surface area contributed by atoms with E-state index in [2.05, 4.69) is 12.2 Å². The summed E-state index contributed by atoms with van der Waals surface area (Å²) >= 11 is 0. The number of benzene rings is 1. The number of aliphatic hydroxyl groups is 1. The summed E-state index contributed by atoms with van der Waals surface area (Å²) in [5.41, 5.74) is 3.24. The second-order valence-electron chi connectivity index (χ2n) is 6.66. The van der Waals surface area contributed by atoms with E-state index in [0.717, 1.165) is 31.5 Å². The number of hydrogen-bond donors (Lipinski definition) is 2. The number of nitrogens with one attached hydrogen (secondary N) is 1. The maximum absolute atomic E-state index is 12.4. The molecular weight excluding hydrogens is 276 g/mol. The fourth-order valence-corrected chi connectivity index (χ4v) is 3.02. The first kappa shape index (κ1) is 17.0. The largest absolute Gasteiger partial charge is 0.393 e. The third kappa shape index (κ3) is 4.08. The highest BCUT2D eigenvalue weighted by molar-refractivity contribution is 5.94. The fourth-order valence-electron chi connectivity index (χ4n) is 3.02. The molecule has 1 amide bonds. The summed E-state index contributed by atoms with van der Waals surface area (Å²) in [6.07, 6.45) is 2.82. The van der Waals surface area contributed by atoms with E-state index in [1.807, 2.05) is 44.0 Å². The highest BCUT2D eigenvalue weighted by Gasteiger charge is 2.28. The molecule has 3 unspecified atom stereocenters. The Kier molecular flexibility index (Phi) is 5.59. The number of likely N-dealkylation sites (N-methyl/N-ethyl adjacent to an activating group) is 1. The van der Waals surface area contributed by atoms with Gasteiger partial charge in [0.15, 0.2) is 0 Å². The van der Waals surface area contributed by atoms with Gasteiger partial charge in [-0.3, -0.25) is 9.69 Å². The molecule has 1 saturated carbocycles. The summed E-state index contributed by atoms with van der Waals surface area (Å²) in [5.74, 6) is 0.292. The van der Waals surface area contributed by atoms with Crippen LogP contribution in [0.5, 0.6) is 0 Å². The molecule has 0 aliphatic heterocycles. The lowest BCUT2D eigenvalue weighted by molar-refractivity contribution is -0.120. The quantitative estimate of drug-likeness (QED) is 0.879. The smallest absolute Gasteiger partial charge is 0.241 e. The molecule has 1 aliphatic rings. The van der Waals surface area contributed by atoms with Crippen molar-refractivity contribution in [3.05, 3.63) is 29.3 Å². The number of carbonyl (C=O) groups excluding carboxylic acids is 1. The number of hydrogen-bond acceptors (Lipinski definition) is 3. The van der Waals surface area contributed by atoms with Crippen LogP contribution in [0.2, 0.25) is 0 Å². The van der Waals surface area contributed by atoms with E-state index >= 15 is 0 Å². The van der Waals surface area contributed by atoms with Gasteiger partial charge in [0.1, 0.15) is 0 Å². The zero-order chi connectivity index (χ0) is 16.3. The van der Waals surface area contributed by atoms with Crippen molar-refractivity contribution in [3.8, 4) is 0 Å². The number of rotatable bonds is 5. The zero-order valence-corrected chi connectivity index (χ0v) is 14.1. The van der Waals surface area contributed by atoms with E-state index < -0.39 is 0 Å². The predicted octanol–water partition coefficient (Wildman–Crippen LogP) is 2.72. The van der Waals surface area contributed by atoms with Crippen molar-refractivity contribution in [2.24, 2.45) is 5.92 Å². The maximum atomic E-state index is 12.4. The first-order valence-electron chi connectivity index (χ1n) is 8.15. The lowest BCUT2D eigenvalue weighted by Gasteiger charge is -2.28. The van der Waals surface area contributed by atoms with E-state index in [0.29, 0.717) is 5.92 Å². The van der Waals surface area contributed by atoms with Gasteiger partial charge < -0.3 is 10.4 Å². The predicted molar refractivity (Wildman–Crippen MR) is 90.0 cm³/mol. The lowest BCUT2D eigenvalue weighted by Crippen LogP contribution is -2.43. The van der Waals surface area contributed by atoms with E-state index in [1.165, 1.54) is 11.1 Å². The Morgan fingerprint density at radius 2 is 2.09 bits per heavy atom. The minimum Gasteiger partial charge on any atom is -0.393 e. The Labute approximate surface area is 133 Å². The highest BCUT2D eigenvalue weighted by Crippen LogP contribution is 2.26. The second kappa shape index (κ2) is 7.25. The summed E-state index contributed by atoms with van der Waals surface area (Å²) in [6, 6.07) is 5.75. The van der Waals surface area contributed by atoms with Crippen LogP contribution in [-0.2, 0) is 4.79 Å². The average molecular weight is 304 g/mol. The van der Waals surface area contributed by atoms with Gasteiger partial charge in [-0.1, -0.05) is 12.5 Å². The van der Waals surface area contributed by atoms with Crippen molar-refractivity contribution in [2.45, 2.75) is 52.2 Å². The number of aryl methyl sites for hydroxylation is 2. The van der Waals surface area contributed by atoms with Gasteiger partial charge in [0.25, 0.3) is 0 Å². The molecule has 0 saturated heterocycles. The van der Waals surface area contributed by atoms with E-state index in [4.69, 9.17) is 0 Å². The van der Waals surface area contributed by atoms with Gasteiger partial charge in [-0.25, -0.2) is 0 Å². The normalized spacial score (nSPS) is 22.8. The summed E-state index contributed by atoms with van der Waals surface area (Å²) in [5, 5.41) is 12.9. The van der Waals surface area contributed by atoms with Crippen LogP contribution in [0.15, 0.2) is 18.2 Å². The monoisotopic (exact) mass is 304 g/mol. The topological polar surface area (TPSA) is 52.6 Å². The molecule has 122 valence electrons. The van der Waals surface area contributed by atoms with Crippen LogP contribution in [0.4, 0.5) is 5.69 Å². The molecule has 0 heterocycles. The zero-order valence-electron chi connectivity index (χ0n) is 14.1. The molecule has 0 radical (unpaired) electrons. The Morgan fingerprint density at radius 3 is 2.68 bits per heavy atom. The summed E-state index contributed by atoms with van der Waals surface area (Å²) in [6.45, 7) is 6.78. The molecule has 1 fully saturated rings. The molecule has 1 aliphatic carbocycles. The molecule has 1 aromatic carbocycles. The SMILES string of the molecule is Cc1ccc(NC(=O)C(C)N(C)CC2CCCC2O)cc1C. The number of nitrogens with zero attached hydrogens (tertiary/aromatic N) is 1. The first-order valence-corrected chi connectivity index (χ1v) is 8.15. The van der Waals surface area contributed by atoms with Crippen molar-refractivity contribution in [3.63, 3.8) is 0 Å². The summed E-state index contributed by atoms with van der Waals surface area (Å²) < 4.78 is 0. The Hall–Kier alpha value is -1.39. The Balaban J connectivity index is 1.91. The van der Waals surface area contributed by atoms with Crippen LogP contribution in [0.25, 0.3) is 0 Å². The highest BCUT2D eigenvalue weighted by atomic mass is 16.3. The molecule has 2 N–H and O–H groups in total. The van der Waals surface area contributed by atoms with Crippen molar-refractivity contribution in [2.75, 3.05) is 18.9 Å². The second-order valence-corrected chi connectivity index (χ2v) is 6.66. The Morgan fingerprint density at radius 1 is 1.36 bits per heavy atom. The van der Waals surface area contributed by atoms with Crippen molar-refractivity contribution in [1.82, 2.24) is 4.90 Å². The van der Waals surface area contributed by atoms with Crippen LogP contribution in [0.1, 0.15) is 37.3 Å². The molecule has 0 aromatic heterocycles. The van der Waals surface area contributed by atoms with Gasteiger partial charge in [-0.2, -0.15) is 0 Å². The first-order chi connectivity index (χ1) is 10.4. The average Bonchev–Trinajstić information content (AvgIpc) is 2.87. The van der Waals surface area contributed by atoms with E-state index in [1.54, 1.807) is 0 Å². The molecule has 22 heavy (non-hydrogen) atoms. The van der Waals surface area contributed by atoms with E-state index in [-0.39, 0.29) is 18.1 Å². The van der Waals surface area contributed by atoms with Gasteiger partial charge in [0.05, 0.1) is 12.1 Å². The molecular formula is C18H28N2O2. The van der Waals surface area contributed by atoms with Crippen LogP contribution in [-0.4, -0.2) is 41.7 Å². The van der Waals surface area contributed by atoms with Crippen LogP contribution in [0.3, 0.4) is 0 Å².